The summed E-state index contributed by atoms with van der Waals surface area (Å²) in [7, 11) is 1.62. The Morgan fingerprint density at radius 3 is 2.18 bits per heavy atom. The highest BCUT2D eigenvalue weighted by molar-refractivity contribution is 5.19. The quantitative estimate of drug-likeness (QED) is 0.608. The van der Waals surface area contributed by atoms with Crippen LogP contribution in [0.1, 0.15) is 31.0 Å². The second kappa shape index (κ2) is 2.64. The molecule has 11 heavy (non-hydrogen) atoms. The van der Waals surface area contributed by atoms with E-state index in [0.717, 1.165) is 5.69 Å². The SMILES string of the molecule is Cc1c(C(C)C)nn(C)c1F. The third-order valence-electron chi connectivity index (χ3n) is 1.78. The van der Waals surface area contributed by atoms with E-state index in [1.807, 2.05) is 13.8 Å². The third kappa shape index (κ3) is 1.27. The van der Waals surface area contributed by atoms with Crippen LogP contribution in [0.15, 0.2) is 0 Å². The summed E-state index contributed by atoms with van der Waals surface area (Å²) in [4.78, 5) is 0. The number of aryl methyl sites for hydroxylation is 1. The van der Waals surface area contributed by atoms with E-state index in [9.17, 15) is 4.39 Å². The molecule has 0 atom stereocenters. The Hall–Kier alpha value is -0.860. The van der Waals surface area contributed by atoms with Crippen LogP contribution in [0.5, 0.6) is 0 Å². The van der Waals surface area contributed by atoms with E-state index in [0.29, 0.717) is 11.5 Å². The normalized spacial score (nSPS) is 11.1. The van der Waals surface area contributed by atoms with Gasteiger partial charge < -0.3 is 0 Å². The summed E-state index contributed by atoms with van der Waals surface area (Å²) >= 11 is 0. The van der Waals surface area contributed by atoms with E-state index in [2.05, 4.69) is 5.10 Å². The van der Waals surface area contributed by atoms with Crippen LogP contribution < -0.4 is 0 Å². The second-order valence-corrected chi connectivity index (χ2v) is 3.08. The molecule has 3 heteroatoms. The monoisotopic (exact) mass is 156 g/mol. The Bertz CT molecular complexity index is 263. The van der Waals surface area contributed by atoms with Crippen molar-refractivity contribution in [3.05, 3.63) is 17.2 Å². The van der Waals surface area contributed by atoms with Crippen molar-refractivity contribution in [1.29, 1.82) is 0 Å². The first kappa shape index (κ1) is 8.24. The van der Waals surface area contributed by atoms with Crippen molar-refractivity contribution in [2.75, 3.05) is 0 Å². The second-order valence-electron chi connectivity index (χ2n) is 3.08. The topological polar surface area (TPSA) is 17.8 Å². The maximum absolute atomic E-state index is 13.0. The van der Waals surface area contributed by atoms with Gasteiger partial charge in [-0.15, -0.1) is 0 Å². The van der Waals surface area contributed by atoms with Crippen molar-refractivity contribution >= 4 is 0 Å². The minimum atomic E-state index is -0.228. The van der Waals surface area contributed by atoms with Gasteiger partial charge >= 0.3 is 0 Å². The lowest BCUT2D eigenvalue weighted by molar-refractivity contribution is 0.498. The maximum Gasteiger partial charge on any atom is 0.214 e. The van der Waals surface area contributed by atoms with Crippen LogP contribution in [0.25, 0.3) is 0 Å². The van der Waals surface area contributed by atoms with Crippen LogP contribution in [-0.4, -0.2) is 9.78 Å². The Morgan fingerprint density at radius 1 is 1.45 bits per heavy atom. The third-order valence-corrected chi connectivity index (χ3v) is 1.78. The van der Waals surface area contributed by atoms with Gasteiger partial charge in [-0.25, -0.2) is 4.68 Å². The van der Waals surface area contributed by atoms with E-state index in [1.165, 1.54) is 4.68 Å². The van der Waals surface area contributed by atoms with Crippen LogP contribution in [0.2, 0.25) is 0 Å². The molecule has 1 heterocycles. The molecule has 0 fully saturated rings. The van der Waals surface area contributed by atoms with Gasteiger partial charge in [-0.3, -0.25) is 0 Å². The molecule has 62 valence electrons. The zero-order valence-corrected chi connectivity index (χ0v) is 7.35. The van der Waals surface area contributed by atoms with Gasteiger partial charge in [0.2, 0.25) is 5.95 Å². The van der Waals surface area contributed by atoms with Crippen LogP contribution in [0, 0.1) is 12.9 Å². The van der Waals surface area contributed by atoms with E-state index in [1.54, 1.807) is 14.0 Å². The molecule has 1 aromatic rings. The highest BCUT2D eigenvalue weighted by Crippen LogP contribution is 2.18. The van der Waals surface area contributed by atoms with Crippen molar-refractivity contribution in [2.45, 2.75) is 26.7 Å². The molecule has 0 saturated carbocycles. The van der Waals surface area contributed by atoms with Crippen molar-refractivity contribution < 1.29 is 4.39 Å². The average molecular weight is 156 g/mol. The highest BCUT2D eigenvalue weighted by Gasteiger charge is 2.13. The standard InChI is InChI=1S/C8H13FN2/c1-5(2)7-6(3)8(9)11(4)10-7/h5H,1-4H3. The number of hydrogen-bond acceptors (Lipinski definition) is 1. The van der Waals surface area contributed by atoms with Gasteiger partial charge in [0.15, 0.2) is 0 Å². The van der Waals surface area contributed by atoms with Crippen molar-refractivity contribution in [3.63, 3.8) is 0 Å². The highest BCUT2D eigenvalue weighted by atomic mass is 19.1. The van der Waals surface area contributed by atoms with Crippen LogP contribution in [-0.2, 0) is 7.05 Å². The first-order valence-electron chi connectivity index (χ1n) is 3.73. The Balaban J connectivity index is 3.19. The maximum atomic E-state index is 13.0. The molecular weight excluding hydrogens is 143 g/mol. The molecule has 2 nitrogen and oxygen atoms in total. The Kier molecular flexibility index (Phi) is 1.98. The molecule has 0 aromatic carbocycles. The summed E-state index contributed by atoms with van der Waals surface area (Å²) in [6.07, 6.45) is 0. The van der Waals surface area contributed by atoms with Crippen molar-refractivity contribution in [1.82, 2.24) is 9.78 Å². The Labute approximate surface area is 66.0 Å². The predicted octanol–water partition coefficient (Wildman–Crippen LogP) is 1.99. The molecule has 0 N–H and O–H groups in total. The van der Waals surface area contributed by atoms with Crippen LogP contribution in [0.3, 0.4) is 0 Å². The number of halogens is 1. The molecule has 0 amide bonds. The zero-order chi connectivity index (χ0) is 8.59. The van der Waals surface area contributed by atoms with Crippen LogP contribution in [0.4, 0.5) is 4.39 Å². The van der Waals surface area contributed by atoms with E-state index < -0.39 is 0 Å². The molecule has 0 unspecified atom stereocenters. The summed E-state index contributed by atoms with van der Waals surface area (Å²) in [6.45, 7) is 5.78. The van der Waals surface area contributed by atoms with Gasteiger partial charge in [0, 0.05) is 12.6 Å². The smallest absolute Gasteiger partial charge is 0.214 e. The first-order chi connectivity index (χ1) is 5.04. The lowest BCUT2D eigenvalue weighted by Gasteiger charge is -1.98. The lowest BCUT2D eigenvalue weighted by atomic mass is 10.1. The van der Waals surface area contributed by atoms with E-state index in [-0.39, 0.29) is 5.95 Å². The largest absolute Gasteiger partial charge is 0.242 e. The summed E-state index contributed by atoms with van der Waals surface area (Å²) in [5.74, 6) is 0.0689. The molecular formula is C8H13FN2. The molecule has 0 bridgehead atoms. The molecule has 1 aromatic heterocycles. The first-order valence-corrected chi connectivity index (χ1v) is 3.73. The summed E-state index contributed by atoms with van der Waals surface area (Å²) in [5, 5.41) is 4.05. The van der Waals surface area contributed by atoms with Crippen LogP contribution >= 0.6 is 0 Å². The van der Waals surface area contributed by atoms with E-state index >= 15 is 0 Å². The van der Waals surface area contributed by atoms with Crippen molar-refractivity contribution in [3.8, 4) is 0 Å². The predicted molar refractivity (Wildman–Crippen MR) is 42.0 cm³/mol. The Morgan fingerprint density at radius 2 is 2.00 bits per heavy atom. The number of aromatic nitrogens is 2. The van der Waals surface area contributed by atoms with Gasteiger partial charge in [-0.05, 0) is 12.8 Å². The number of rotatable bonds is 1. The molecule has 0 radical (unpaired) electrons. The minimum Gasteiger partial charge on any atom is -0.242 e. The molecule has 0 aliphatic rings. The molecule has 0 aliphatic carbocycles. The van der Waals surface area contributed by atoms with Gasteiger partial charge in [-0.2, -0.15) is 9.49 Å². The molecule has 0 aliphatic heterocycles. The fourth-order valence-corrected chi connectivity index (χ4v) is 1.18. The van der Waals surface area contributed by atoms with Gasteiger partial charge in [0.05, 0.1) is 5.69 Å². The fourth-order valence-electron chi connectivity index (χ4n) is 1.18. The molecule has 0 saturated heterocycles. The summed E-state index contributed by atoms with van der Waals surface area (Å²) < 4.78 is 14.3. The average Bonchev–Trinajstić information content (AvgIpc) is 2.17. The van der Waals surface area contributed by atoms with Gasteiger partial charge in [-0.1, -0.05) is 13.8 Å². The van der Waals surface area contributed by atoms with Gasteiger partial charge in [0.25, 0.3) is 0 Å². The number of nitrogens with zero attached hydrogens (tertiary/aromatic N) is 2. The van der Waals surface area contributed by atoms with E-state index in [4.69, 9.17) is 0 Å². The zero-order valence-electron chi connectivity index (χ0n) is 7.35. The summed E-state index contributed by atoms with van der Waals surface area (Å²) in [6, 6.07) is 0. The fraction of sp³-hybridized carbons (Fsp3) is 0.625. The molecule has 1 rings (SSSR count). The van der Waals surface area contributed by atoms with Crippen molar-refractivity contribution in [2.24, 2.45) is 7.05 Å². The van der Waals surface area contributed by atoms with Gasteiger partial charge in [0.1, 0.15) is 0 Å². The molecule has 0 spiro atoms. The minimum absolute atomic E-state index is 0.228. The summed E-state index contributed by atoms with van der Waals surface area (Å²) in [5.41, 5.74) is 1.52. The lowest BCUT2D eigenvalue weighted by Crippen LogP contribution is -1.95. The number of hydrogen-bond donors (Lipinski definition) is 0.